The Balaban J connectivity index is 1.50. The van der Waals surface area contributed by atoms with E-state index in [9.17, 15) is 4.79 Å². The summed E-state index contributed by atoms with van der Waals surface area (Å²) in [6, 6.07) is 15.5. The molecule has 3 aromatic heterocycles. The van der Waals surface area contributed by atoms with Gasteiger partial charge in [0, 0.05) is 15.8 Å². The second kappa shape index (κ2) is 7.20. The van der Waals surface area contributed by atoms with Gasteiger partial charge in [-0.2, -0.15) is 14.9 Å². The largest absolute Gasteiger partial charge is 0.301 e. The number of nitrogens with one attached hydrogen (secondary N) is 2. The third kappa shape index (κ3) is 3.15. The minimum atomic E-state index is -0.283. The van der Waals surface area contributed by atoms with Gasteiger partial charge in [-0.25, -0.2) is 4.98 Å². The molecule has 0 saturated carbocycles. The number of aromatic amines is 2. The average Bonchev–Trinajstić information content (AvgIpc) is 3.45. The molecular weight excluding hydrogens is 398 g/mol. The van der Waals surface area contributed by atoms with E-state index in [0.29, 0.717) is 16.5 Å². The zero-order valence-corrected chi connectivity index (χ0v) is 17.1. The van der Waals surface area contributed by atoms with Crippen molar-refractivity contribution in [2.45, 2.75) is 13.8 Å². The van der Waals surface area contributed by atoms with Crippen molar-refractivity contribution < 1.29 is 0 Å². The van der Waals surface area contributed by atoms with Gasteiger partial charge in [0.25, 0.3) is 0 Å². The summed E-state index contributed by atoms with van der Waals surface area (Å²) in [5, 5.41) is 19.9. The third-order valence-electron chi connectivity index (χ3n) is 4.75. The molecule has 0 aliphatic heterocycles. The second-order valence-electron chi connectivity index (χ2n) is 6.83. The number of aryl methyl sites for hydroxylation is 2. The number of azo groups is 1. The maximum absolute atomic E-state index is 13.0. The summed E-state index contributed by atoms with van der Waals surface area (Å²) in [6.45, 7) is 3.79. The Labute approximate surface area is 174 Å². The van der Waals surface area contributed by atoms with Crippen LogP contribution in [0.2, 0.25) is 0 Å². The van der Waals surface area contributed by atoms with Crippen LogP contribution in [0.1, 0.15) is 10.6 Å². The number of hydrogen-bond acceptors (Lipinski definition) is 6. The van der Waals surface area contributed by atoms with Crippen LogP contribution in [-0.2, 0) is 0 Å². The molecule has 0 aliphatic rings. The number of rotatable bonds is 4. The lowest BCUT2D eigenvalue weighted by Crippen LogP contribution is -2.13. The normalized spacial score (nSPS) is 11.7. The van der Waals surface area contributed by atoms with Gasteiger partial charge in [0.15, 0.2) is 5.69 Å². The highest BCUT2D eigenvalue weighted by molar-refractivity contribution is 7.14. The molecule has 0 fully saturated rings. The first-order chi connectivity index (χ1) is 14.6. The molecule has 0 unspecified atom stereocenters. The van der Waals surface area contributed by atoms with Crippen LogP contribution in [0.3, 0.4) is 0 Å². The van der Waals surface area contributed by atoms with E-state index in [2.05, 4.69) is 30.5 Å². The molecule has 9 heteroatoms. The predicted octanol–water partition coefficient (Wildman–Crippen LogP) is 5.20. The van der Waals surface area contributed by atoms with Crippen LogP contribution in [0.15, 0.2) is 69.8 Å². The van der Waals surface area contributed by atoms with E-state index in [1.54, 1.807) is 13.1 Å². The maximum atomic E-state index is 13.0. The minimum Gasteiger partial charge on any atom is -0.291 e. The molecule has 2 aromatic carbocycles. The Morgan fingerprint density at radius 3 is 2.73 bits per heavy atom. The Morgan fingerprint density at radius 2 is 1.90 bits per heavy atom. The molecule has 2 N–H and O–H groups in total. The van der Waals surface area contributed by atoms with Gasteiger partial charge < -0.3 is 0 Å². The first-order valence-corrected chi connectivity index (χ1v) is 10.1. The van der Waals surface area contributed by atoms with E-state index in [-0.39, 0.29) is 11.2 Å². The van der Waals surface area contributed by atoms with Crippen molar-refractivity contribution >= 4 is 33.6 Å². The molecule has 0 radical (unpaired) electrons. The van der Waals surface area contributed by atoms with E-state index in [1.807, 2.05) is 55.5 Å². The summed E-state index contributed by atoms with van der Waals surface area (Å²) in [4.78, 5) is 18.7. The van der Waals surface area contributed by atoms with Gasteiger partial charge in [-0.05, 0) is 32.0 Å². The quantitative estimate of drug-likeness (QED) is 0.394. The molecule has 30 heavy (non-hydrogen) atoms. The molecule has 8 nitrogen and oxygen atoms in total. The van der Waals surface area contributed by atoms with Crippen LogP contribution in [0.5, 0.6) is 0 Å². The molecule has 0 aliphatic carbocycles. The number of thiazole rings is 1. The van der Waals surface area contributed by atoms with Gasteiger partial charge in [-0.3, -0.25) is 15.0 Å². The summed E-state index contributed by atoms with van der Waals surface area (Å²) < 4.78 is 1.42. The number of aromatic nitrogens is 5. The summed E-state index contributed by atoms with van der Waals surface area (Å²) in [7, 11) is 0. The summed E-state index contributed by atoms with van der Waals surface area (Å²) in [6.07, 6.45) is 1.72. The van der Waals surface area contributed by atoms with Crippen molar-refractivity contribution in [3.63, 3.8) is 0 Å². The van der Waals surface area contributed by atoms with E-state index in [4.69, 9.17) is 0 Å². The fourth-order valence-corrected chi connectivity index (χ4v) is 4.12. The Kier molecular flexibility index (Phi) is 4.36. The molecule has 0 bridgehead atoms. The molecule has 3 heterocycles. The lowest BCUT2D eigenvalue weighted by atomic mass is 10.1. The number of nitrogens with zero attached hydrogens (tertiary/aromatic N) is 5. The van der Waals surface area contributed by atoms with Crippen LogP contribution in [0, 0.1) is 13.8 Å². The zero-order chi connectivity index (χ0) is 20.7. The monoisotopic (exact) mass is 415 g/mol. The summed E-state index contributed by atoms with van der Waals surface area (Å²) >= 11 is 1.45. The highest BCUT2D eigenvalue weighted by Crippen LogP contribution is 2.29. The molecule has 0 atom stereocenters. The van der Waals surface area contributed by atoms with Crippen molar-refractivity contribution in [1.29, 1.82) is 0 Å². The van der Waals surface area contributed by atoms with Crippen molar-refractivity contribution in [2.75, 3.05) is 0 Å². The van der Waals surface area contributed by atoms with Crippen LogP contribution in [0.25, 0.3) is 27.3 Å². The van der Waals surface area contributed by atoms with Gasteiger partial charge in [0.05, 0.1) is 28.8 Å². The van der Waals surface area contributed by atoms with Gasteiger partial charge in [0.2, 0.25) is 5.13 Å². The number of benzene rings is 2. The van der Waals surface area contributed by atoms with E-state index in [1.165, 1.54) is 16.0 Å². The molecule has 148 valence electrons. The lowest BCUT2D eigenvalue weighted by Gasteiger charge is -1.97. The Bertz CT molecular complexity index is 1440. The van der Waals surface area contributed by atoms with E-state index >= 15 is 0 Å². The summed E-state index contributed by atoms with van der Waals surface area (Å²) in [5.74, 6) is 0. The third-order valence-corrected chi connectivity index (χ3v) is 5.71. The van der Waals surface area contributed by atoms with Gasteiger partial charge in [-0.1, -0.05) is 41.7 Å². The standard InChI is InChI=1S/C21H17N7OS/c1-12-18(26-24-16-8-9-17-15(10-16)11-22-25-17)20(29)28(27-12)21-23-19(13(2)30-21)14-6-4-3-5-7-14/h3-11,27H,1-2H3,(H,22,25). The molecule has 5 aromatic rings. The second-order valence-corrected chi connectivity index (χ2v) is 8.02. The smallest absolute Gasteiger partial charge is 0.291 e. The van der Waals surface area contributed by atoms with Crippen molar-refractivity contribution in [3.8, 4) is 16.4 Å². The van der Waals surface area contributed by atoms with Gasteiger partial charge in [-0.15, -0.1) is 5.11 Å². The SMILES string of the molecule is Cc1[nH]n(-c2nc(-c3ccccc3)c(C)s2)c(=O)c1N=Nc1ccc2[nH]ncc2c1. The maximum Gasteiger partial charge on any atom is 0.301 e. The van der Waals surface area contributed by atoms with Gasteiger partial charge in [0.1, 0.15) is 0 Å². The fourth-order valence-electron chi connectivity index (χ4n) is 3.23. The molecule has 0 amide bonds. The number of fused-ring (bicyclic) bond motifs is 1. The van der Waals surface area contributed by atoms with Crippen molar-refractivity contribution in [1.82, 2.24) is 25.0 Å². The molecule has 0 spiro atoms. The minimum absolute atomic E-state index is 0.261. The first-order valence-electron chi connectivity index (χ1n) is 9.30. The molecule has 0 saturated heterocycles. The molecule has 5 rings (SSSR count). The predicted molar refractivity (Wildman–Crippen MR) is 117 cm³/mol. The van der Waals surface area contributed by atoms with Crippen LogP contribution in [-0.4, -0.2) is 25.0 Å². The van der Waals surface area contributed by atoms with Crippen LogP contribution >= 0.6 is 11.3 Å². The average molecular weight is 415 g/mol. The van der Waals surface area contributed by atoms with Crippen LogP contribution < -0.4 is 5.56 Å². The fraction of sp³-hybridized carbons (Fsp3) is 0.0952. The van der Waals surface area contributed by atoms with Crippen molar-refractivity contribution in [3.05, 3.63) is 75.7 Å². The Morgan fingerprint density at radius 1 is 1.07 bits per heavy atom. The zero-order valence-electron chi connectivity index (χ0n) is 16.2. The van der Waals surface area contributed by atoms with E-state index < -0.39 is 0 Å². The van der Waals surface area contributed by atoms with E-state index in [0.717, 1.165) is 27.0 Å². The highest BCUT2D eigenvalue weighted by atomic mass is 32.1. The number of H-pyrrole nitrogens is 2. The van der Waals surface area contributed by atoms with Gasteiger partial charge >= 0.3 is 5.56 Å². The lowest BCUT2D eigenvalue weighted by molar-refractivity contribution is 0.827. The van der Waals surface area contributed by atoms with Crippen molar-refractivity contribution in [2.24, 2.45) is 10.2 Å². The summed E-state index contributed by atoms with van der Waals surface area (Å²) in [5.41, 5.74) is 4.05. The Hall–Kier alpha value is -3.85. The number of hydrogen-bond donors (Lipinski definition) is 2. The first kappa shape index (κ1) is 18.2. The van der Waals surface area contributed by atoms with Crippen LogP contribution in [0.4, 0.5) is 11.4 Å². The topological polar surface area (TPSA) is 104 Å². The highest BCUT2D eigenvalue weighted by Gasteiger charge is 2.17. The molecular formula is C21H17N7OS.